The van der Waals surface area contributed by atoms with Crippen LogP contribution in [0.25, 0.3) is 10.8 Å². The third kappa shape index (κ3) is 3.14. The second-order valence-electron chi connectivity index (χ2n) is 17.7. The number of carboxylic acid groups (broad SMARTS) is 2. The van der Waals surface area contributed by atoms with E-state index in [9.17, 15) is 19.8 Å². The van der Waals surface area contributed by atoms with Gasteiger partial charge in [-0.25, -0.2) is 9.59 Å². The van der Waals surface area contributed by atoms with Gasteiger partial charge in [0.1, 0.15) is 0 Å². The zero-order chi connectivity index (χ0) is 28.1. The third-order valence-corrected chi connectivity index (χ3v) is 13.4. The molecule has 0 amide bonds. The van der Waals surface area contributed by atoms with Crippen LogP contribution in [0.4, 0.5) is 0 Å². The quantitative estimate of drug-likeness (QED) is 0.406. The molecule has 4 heteroatoms. The van der Waals surface area contributed by atoms with Crippen LogP contribution in [0.5, 0.6) is 0 Å². The molecular weight excluding hydrogens is 496 g/mol. The molecule has 0 heterocycles. The van der Waals surface area contributed by atoms with Crippen LogP contribution in [-0.4, -0.2) is 22.2 Å². The van der Waals surface area contributed by atoms with Crippen LogP contribution < -0.4 is 0 Å². The smallest absolute Gasteiger partial charge is 0.336 e. The molecule has 2 aromatic rings. The predicted molar refractivity (Wildman–Crippen MR) is 156 cm³/mol. The highest BCUT2D eigenvalue weighted by atomic mass is 16.4. The number of carbonyl (C=O) groups is 2. The highest BCUT2D eigenvalue weighted by Crippen LogP contribution is 2.83. The summed E-state index contributed by atoms with van der Waals surface area (Å²) < 4.78 is 0. The van der Waals surface area contributed by atoms with E-state index in [-0.39, 0.29) is 27.4 Å². The van der Waals surface area contributed by atoms with E-state index in [1.165, 1.54) is 69.8 Å². The molecule has 0 aromatic heterocycles. The van der Waals surface area contributed by atoms with E-state index in [0.717, 1.165) is 24.1 Å². The van der Waals surface area contributed by atoms with Gasteiger partial charge in [0, 0.05) is 5.39 Å². The van der Waals surface area contributed by atoms with Gasteiger partial charge in [-0.15, -0.1) is 0 Å². The first-order chi connectivity index (χ1) is 18.6. The van der Waals surface area contributed by atoms with E-state index in [1.807, 2.05) is 12.1 Å². The fraction of sp³-hybridized carbons (Fsp3) is 0.667. The van der Waals surface area contributed by atoms with Crippen molar-refractivity contribution in [3.63, 3.8) is 0 Å². The fourth-order valence-corrected chi connectivity index (χ4v) is 14.8. The van der Waals surface area contributed by atoms with Crippen molar-refractivity contribution in [2.75, 3.05) is 0 Å². The molecule has 212 valence electrons. The summed E-state index contributed by atoms with van der Waals surface area (Å²) in [5, 5.41) is 21.4. The first-order valence-corrected chi connectivity index (χ1v) is 15.7. The van der Waals surface area contributed by atoms with E-state index in [0.29, 0.717) is 27.0 Å². The zero-order valence-electron chi connectivity index (χ0n) is 24.7. The Hall–Kier alpha value is -2.36. The molecule has 2 N–H and O–H groups in total. The topological polar surface area (TPSA) is 74.6 Å². The van der Waals surface area contributed by atoms with Crippen molar-refractivity contribution in [3.8, 4) is 0 Å². The van der Waals surface area contributed by atoms with Gasteiger partial charge in [0.05, 0.1) is 11.1 Å². The summed E-state index contributed by atoms with van der Waals surface area (Å²) in [4.78, 5) is 24.7. The lowest BCUT2D eigenvalue weighted by Crippen LogP contribution is -2.69. The van der Waals surface area contributed by atoms with Gasteiger partial charge in [0.2, 0.25) is 0 Å². The molecule has 8 aliphatic rings. The molecule has 4 unspecified atom stereocenters. The Kier molecular flexibility index (Phi) is 4.54. The van der Waals surface area contributed by atoms with Crippen LogP contribution in [0.15, 0.2) is 30.3 Å². The Morgan fingerprint density at radius 3 is 1.75 bits per heavy atom. The summed E-state index contributed by atoms with van der Waals surface area (Å²) in [6.45, 7) is 10.3. The van der Waals surface area contributed by atoms with Crippen molar-refractivity contribution >= 4 is 22.7 Å². The highest BCUT2D eigenvalue weighted by molar-refractivity contribution is 6.13. The number of benzene rings is 2. The summed E-state index contributed by atoms with van der Waals surface area (Å²) in [7, 11) is 0. The molecule has 4 nitrogen and oxygen atoms in total. The fourth-order valence-electron chi connectivity index (χ4n) is 14.8. The molecule has 8 bridgehead atoms. The van der Waals surface area contributed by atoms with Crippen LogP contribution >= 0.6 is 0 Å². The molecule has 0 aliphatic heterocycles. The monoisotopic (exact) mass is 540 g/mol. The van der Waals surface area contributed by atoms with Gasteiger partial charge in [0.25, 0.3) is 0 Å². The summed E-state index contributed by atoms with van der Waals surface area (Å²) in [6.07, 6.45) is 15.8. The molecule has 10 rings (SSSR count). The highest BCUT2D eigenvalue weighted by Gasteiger charge is 2.74. The molecular formula is C36H44O4. The van der Waals surface area contributed by atoms with Gasteiger partial charge in [-0.05, 0) is 144 Å². The lowest BCUT2D eigenvalue weighted by Gasteiger charge is -2.78. The van der Waals surface area contributed by atoms with Crippen LogP contribution in [-0.2, 0) is 5.41 Å². The Morgan fingerprint density at radius 1 is 0.625 bits per heavy atom. The average molecular weight is 541 g/mol. The van der Waals surface area contributed by atoms with E-state index in [4.69, 9.17) is 0 Å². The number of hydrogen-bond acceptors (Lipinski definition) is 2. The molecule has 4 atom stereocenters. The lowest BCUT2D eigenvalue weighted by atomic mass is 9.26. The summed E-state index contributed by atoms with van der Waals surface area (Å²) in [5.41, 5.74) is 3.55. The SMILES string of the molecule is CC12CC3CC(C)(C1)CC(C14CC5(C)CC(C)(CC(c6ccc(C(=O)O)c7c(C(=O)O)cccc67)(C5)C1)C4)(C3)C2. The van der Waals surface area contributed by atoms with Crippen LogP contribution in [0.3, 0.4) is 0 Å². The van der Waals surface area contributed by atoms with Crippen molar-refractivity contribution in [3.05, 3.63) is 47.0 Å². The number of rotatable bonds is 4. The zero-order valence-corrected chi connectivity index (χ0v) is 24.7. The molecule has 40 heavy (non-hydrogen) atoms. The minimum absolute atomic E-state index is 0.0458. The number of fused-ring (bicyclic) bond motifs is 1. The maximum absolute atomic E-state index is 12.3. The maximum Gasteiger partial charge on any atom is 0.336 e. The van der Waals surface area contributed by atoms with Crippen LogP contribution in [0.2, 0.25) is 0 Å². The number of aromatic carboxylic acids is 2. The lowest BCUT2D eigenvalue weighted by molar-refractivity contribution is -0.270. The van der Waals surface area contributed by atoms with Crippen LogP contribution in [0, 0.1) is 38.4 Å². The largest absolute Gasteiger partial charge is 0.478 e. The summed E-state index contributed by atoms with van der Waals surface area (Å²) in [5.74, 6) is -1.24. The molecule has 0 spiro atoms. The Morgan fingerprint density at radius 2 is 1.18 bits per heavy atom. The first kappa shape index (κ1) is 25.4. The van der Waals surface area contributed by atoms with Crippen molar-refractivity contribution in [1.29, 1.82) is 0 Å². The van der Waals surface area contributed by atoms with Crippen molar-refractivity contribution in [2.45, 2.75) is 110 Å². The van der Waals surface area contributed by atoms with Gasteiger partial charge in [-0.1, -0.05) is 45.9 Å². The second kappa shape index (κ2) is 7.16. The Bertz CT molecular complexity index is 1460. The molecule has 8 fully saturated rings. The van der Waals surface area contributed by atoms with Gasteiger partial charge < -0.3 is 10.2 Å². The van der Waals surface area contributed by atoms with E-state index in [2.05, 4.69) is 33.8 Å². The molecule has 8 aliphatic carbocycles. The van der Waals surface area contributed by atoms with Gasteiger partial charge in [0.15, 0.2) is 0 Å². The van der Waals surface area contributed by atoms with Crippen molar-refractivity contribution in [2.24, 2.45) is 38.4 Å². The first-order valence-electron chi connectivity index (χ1n) is 15.7. The molecule has 2 aromatic carbocycles. The van der Waals surface area contributed by atoms with Gasteiger partial charge in [-0.2, -0.15) is 0 Å². The van der Waals surface area contributed by atoms with Crippen molar-refractivity contribution in [1.82, 2.24) is 0 Å². The summed E-state index contributed by atoms with van der Waals surface area (Å²) >= 11 is 0. The number of carboxylic acids is 2. The van der Waals surface area contributed by atoms with Gasteiger partial charge >= 0.3 is 11.9 Å². The van der Waals surface area contributed by atoms with Crippen LogP contribution in [0.1, 0.15) is 131 Å². The maximum atomic E-state index is 12.3. The Labute approximate surface area is 237 Å². The molecule has 8 saturated carbocycles. The molecule has 0 radical (unpaired) electrons. The average Bonchev–Trinajstić information content (AvgIpc) is 2.78. The normalized spacial score (nSPS) is 48.1. The van der Waals surface area contributed by atoms with E-state index >= 15 is 0 Å². The Balaban J connectivity index is 1.35. The summed E-state index contributed by atoms with van der Waals surface area (Å²) in [6, 6.07) is 9.21. The second-order valence-corrected chi connectivity index (χ2v) is 17.7. The minimum atomic E-state index is -1.05. The van der Waals surface area contributed by atoms with E-state index < -0.39 is 11.9 Å². The van der Waals surface area contributed by atoms with E-state index in [1.54, 1.807) is 12.1 Å². The minimum Gasteiger partial charge on any atom is -0.478 e. The third-order valence-electron chi connectivity index (χ3n) is 13.4. The van der Waals surface area contributed by atoms with Gasteiger partial charge in [-0.3, -0.25) is 0 Å². The predicted octanol–water partition coefficient (Wildman–Crippen LogP) is 8.85. The standard InChI is InChI=1S/C36H44O4/c1-30-10-22-11-31(2,13-30)18-35(12-22,17-30)36-19-32(3)14-33(4,20-36)16-34(15-32,21-36)26-9-8-25(29(39)40)27-23(26)6-5-7-24(27)28(37)38/h5-9,22H,10-21H2,1-4H3,(H,37,38)(H,39,40). The molecule has 0 saturated heterocycles. The van der Waals surface area contributed by atoms with Crippen molar-refractivity contribution < 1.29 is 19.8 Å². The number of hydrogen-bond donors (Lipinski definition) is 2.